The number of rotatable bonds is 4. The third-order valence-electron chi connectivity index (χ3n) is 2.83. The van der Waals surface area contributed by atoms with Crippen LogP contribution in [0.15, 0.2) is 0 Å². The van der Waals surface area contributed by atoms with E-state index in [1.807, 2.05) is 0 Å². The zero-order valence-electron chi connectivity index (χ0n) is 7.42. The van der Waals surface area contributed by atoms with Crippen LogP contribution >= 0.6 is 0 Å². The first-order valence-electron chi connectivity index (χ1n) is 4.93. The SMILES string of the molecule is [CH2]C(CC)N(C1CC1)C1CC1. The van der Waals surface area contributed by atoms with Crippen molar-refractivity contribution >= 4 is 0 Å². The van der Waals surface area contributed by atoms with Gasteiger partial charge >= 0.3 is 0 Å². The van der Waals surface area contributed by atoms with Gasteiger partial charge in [-0.05, 0) is 39.0 Å². The van der Waals surface area contributed by atoms with Gasteiger partial charge in [0.1, 0.15) is 0 Å². The Balaban J connectivity index is 1.90. The molecular formula is C10H18N. The second kappa shape index (κ2) is 2.78. The van der Waals surface area contributed by atoms with E-state index in [1.165, 1.54) is 32.1 Å². The molecule has 0 saturated heterocycles. The van der Waals surface area contributed by atoms with E-state index >= 15 is 0 Å². The van der Waals surface area contributed by atoms with Gasteiger partial charge in [0, 0.05) is 18.1 Å². The predicted octanol–water partition coefficient (Wildman–Crippen LogP) is 2.23. The van der Waals surface area contributed by atoms with Crippen molar-refractivity contribution in [1.29, 1.82) is 0 Å². The van der Waals surface area contributed by atoms with Crippen molar-refractivity contribution in [2.24, 2.45) is 0 Å². The molecule has 0 bridgehead atoms. The molecule has 1 unspecified atom stereocenters. The molecule has 2 saturated carbocycles. The summed E-state index contributed by atoms with van der Waals surface area (Å²) in [5.41, 5.74) is 0. The Morgan fingerprint density at radius 3 is 2.00 bits per heavy atom. The van der Waals surface area contributed by atoms with Gasteiger partial charge in [0.2, 0.25) is 0 Å². The topological polar surface area (TPSA) is 3.24 Å². The normalized spacial score (nSPS) is 27.5. The van der Waals surface area contributed by atoms with E-state index in [4.69, 9.17) is 0 Å². The highest BCUT2D eigenvalue weighted by molar-refractivity contribution is 4.98. The van der Waals surface area contributed by atoms with Gasteiger partial charge in [-0.3, -0.25) is 4.90 Å². The fraction of sp³-hybridized carbons (Fsp3) is 0.900. The molecular weight excluding hydrogens is 134 g/mol. The molecule has 2 rings (SSSR count). The molecule has 1 atom stereocenters. The summed E-state index contributed by atoms with van der Waals surface area (Å²) in [7, 11) is 0. The van der Waals surface area contributed by atoms with Crippen LogP contribution in [0.3, 0.4) is 0 Å². The van der Waals surface area contributed by atoms with Crippen molar-refractivity contribution in [3.8, 4) is 0 Å². The summed E-state index contributed by atoms with van der Waals surface area (Å²) < 4.78 is 0. The Morgan fingerprint density at radius 2 is 1.73 bits per heavy atom. The van der Waals surface area contributed by atoms with Gasteiger partial charge in [0.15, 0.2) is 0 Å². The fourth-order valence-corrected chi connectivity index (χ4v) is 1.85. The summed E-state index contributed by atoms with van der Waals surface area (Å²) in [5.74, 6) is 0. The zero-order valence-corrected chi connectivity index (χ0v) is 7.42. The molecule has 0 spiro atoms. The van der Waals surface area contributed by atoms with E-state index in [0.29, 0.717) is 6.04 Å². The maximum Gasteiger partial charge on any atom is 0.0102 e. The molecule has 0 amide bonds. The smallest absolute Gasteiger partial charge is 0.0102 e. The van der Waals surface area contributed by atoms with Gasteiger partial charge in [-0.1, -0.05) is 6.92 Å². The lowest BCUT2D eigenvalue weighted by molar-refractivity contribution is 0.201. The molecule has 1 heteroatoms. The lowest BCUT2D eigenvalue weighted by Gasteiger charge is -2.27. The first-order chi connectivity index (χ1) is 5.33. The maximum atomic E-state index is 4.21. The summed E-state index contributed by atoms with van der Waals surface area (Å²) in [5, 5.41) is 0. The van der Waals surface area contributed by atoms with E-state index in [9.17, 15) is 0 Å². The molecule has 63 valence electrons. The summed E-state index contributed by atoms with van der Waals surface area (Å²) in [4.78, 5) is 2.67. The van der Waals surface area contributed by atoms with Crippen LogP contribution in [0.25, 0.3) is 0 Å². The fourth-order valence-electron chi connectivity index (χ4n) is 1.85. The van der Waals surface area contributed by atoms with Gasteiger partial charge < -0.3 is 0 Å². The summed E-state index contributed by atoms with van der Waals surface area (Å²) >= 11 is 0. The molecule has 1 nitrogen and oxygen atoms in total. The summed E-state index contributed by atoms with van der Waals surface area (Å²) in [6.45, 7) is 6.45. The van der Waals surface area contributed by atoms with Crippen molar-refractivity contribution in [2.45, 2.75) is 57.2 Å². The Kier molecular flexibility index (Phi) is 1.92. The Hall–Kier alpha value is -0.0400. The van der Waals surface area contributed by atoms with Gasteiger partial charge in [-0.2, -0.15) is 0 Å². The second-order valence-electron chi connectivity index (χ2n) is 3.97. The second-order valence-corrected chi connectivity index (χ2v) is 3.97. The minimum Gasteiger partial charge on any atom is -0.295 e. The molecule has 1 radical (unpaired) electrons. The van der Waals surface area contributed by atoms with E-state index in [2.05, 4.69) is 18.7 Å². The molecule has 2 aliphatic carbocycles. The van der Waals surface area contributed by atoms with Gasteiger partial charge in [-0.15, -0.1) is 0 Å². The number of hydrogen-bond donors (Lipinski definition) is 0. The molecule has 0 N–H and O–H groups in total. The Morgan fingerprint density at radius 1 is 1.27 bits per heavy atom. The van der Waals surface area contributed by atoms with Crippen LogP contribution in [0.2, 0.25) is 0 Å². The molecule has 2 aliphatic rings. The van der Waals surface area contributed by atoms with Crippen molar-refractivity contribution < 1.29 is 0 Å². The van der Waals surface area contributed by atoms with Crippen LogP contribution in [0.4, 0.5) is 0 Å². The van der Waals surface area contributed by atoms with Crippen molar-refractivity contribution in [3.63, 3.8) is 0 Å². The van der Waals surface area contributed by atoms with E-state index in [-0.39, 0.29) is 0 Å². The van der Waals surface area contributed by atoms with Crippen LogP contribution in [-0.2, 0) is 0 Å². The number of nitrogens with zero attached hydrogens (tertiary/aromatic N) is 1. The molecule has 2 fully saturated rings. The van der Waals surface area contributed by atoms with Gasteiger partial charge in [0.05, 0.1) is 0 Å². The highest BCUT2D eigenvalue weighted by Crippen LogP contribution is 2.39. The molecule has 11 heavy (non-hydrogen) atoms. The zero-order chi connectivity index (χ0) is 7.84. The standard InChI is InChI=1S/C10H18N/c1-3-8(2)11(9-4-5-9)10-6-7-10/h8-10H,2-7H2,1H3. The van der Waals surface area contributed by atoms with E-state index < -0.39 is 0 Å². The van der Waals surface area contributed by atoms with Crippen molar-refractivity contribution in [3.05, 3.63) is 6.92 Å². The first kappa shape index (κ1) is 7.60. The highest BCUT2D eigenvalue weighted by atomic mass is 15.3. The lowest BCUT2D eigenvalue weighted by atomic mass is 10.2. The van der Waals surface area contributed by atoms with Crippen LogP contribution < -0.4 is 0 Å². The van der Waals surface area contributed by atoms with E-state index in [1.54, 1.807) is 0 Å². The molecule has 0 heterocycles. The summed E-state index contributed by atoms with van der Waals surface area (Å²) in [6.07, 6.45) is 6.95. The average molecular weight is 152 g/mol. The highest BCUT2D eigenvalue weighted by Gasteiger charge is 2.40. The average Bonchev–Trinajstić information content (AvgIpc) is 2.81. The maximum absolute atomic E-state index is 4.21. The summed E-state index contributed by atoms with van der Waals surface area (Å²) in [6, 6.07) is 2.44. The minimum absolute atomic E-state index is 0.593. The monoisotopic (exact) mass is 152 g/mol. The van der Waals surface area contributed by atoms with Crippen molar-refractivity contribution in [2.75, 3.05) is 0 Å². The minimum atomic E-state index is 0.593. The van der Waals surface area contributed by atoms with Crippen LogP contribution in [0, 0.1) is 6.92 Å². The largest absolute Gasteiger partial charge is 0.295 e. The third kappa shape index (κ3) is 1.58. The first-order valence-corrected chi connectivity index (χ1v) is 4.93. The van der Waals surface area contributed by atoms with Crippen molar-refractivity contribution in [1.82, 2.24) is 4.90 Å². The molecule has 0 aromatic heterocycles. The predicted molar refractivity (Wildman–Crippen MR) is 47.3 cm³/mol. The number of hydrogen-bond acceptors (Lipinski definition) is 1. The molecule has 0 aliphatic heterocycles. The van der Waals surface area contributed by atoms with E-state index in [0.717, 1.165) is 12.1 Å². The Bertz CT molecular complexity index is 124. The quantitative estimate of drug-likeness (QED) is 0.597. The van der Waals surface area contributed by atoms with Crippen LogP contribution in [0.5, 0.6) is 0 Å². The van der Waals surface area contributed by atoms with Crippen LogP contribution in [-0.4, -0.2) is 23.0 Å². The third-order valence-corrected chi connectivity index (χ3v) is 2.83. The molecule has 0 aromatic carbocycles. The van der Waals surface area contributed by atoms with Gasteiger partial charge in [0.25, 0.3) is 0 Å². The molecule has 0 aromatic rings. The lowest BCUT2D eigenvalue weighted by Crippen LogP contribution is -2.36. The Labute approximate surface area is 69.8 Å². The van der Waals surface area contributed by atoms with Crippen LogP contribution in [0.1, 0.15) is 39.0 Å². The van der Waals surface area contributed by atoms with Gasteiger partial charge in [-0.25, -0.2) is 0 Å².